The van der Waals surface area contributed by atoms with Gasteiger partial charge in [0, 0.05) is 5.56 Å². The summed E-state index contributed by atoms with van der Waals surface area (Å²) in [5, 5.41) is 6.52. The van der Waals surface area contributed by atoms with Crippen molar-refractivity contribution < 1.29 is 23.8 Å². The Labute approximate surface area is 211 Å². The van der Waals surface area contributed by atoms with Crippen LogP contribution in [0.5, 0.6) is 17.2 Å². The number of carbonyl (C=O) groups is 2. The molecule has 0 aliphatic heterocycles. The summed E-state index contributed by atoms with van der Waals surface area (Å²) in [4.78, 5) is 24.3. The normalized spacial score (nSPS) is 10.6. The molecule has 0 fully saturated rings. The second kappa shape index (κ2) is 14.2. The minimum absolute atomic E-state index is 0.208. The Balaban J connectivity index is 1.44. The second-order valence-electron chi connectivity index (χ2n) is 7.89. The summed E-state index contributed by atoms with van der Waals surface area (Å²) in [5.74, 6) is 1.06. The van der Waals surface area contributed by atoms with Crippen LogP contribution in [0.3, 0.4) is 0 Å². The topological polar surface area (TPSA) is 98.2 Å². The monoisotopic (exact) mass is 489 g/mol. The van der Waals surface area contributed by atoms with Crippen LogP contribution in [-0.2, 0) is 11.4 Å². The molecule has 0 aliphatic rings. The number of nitrogens with zero attached hydrogens (tertiary/aromatic N) is 1. The van der Waals surface area contributed by atoms with Crippen LogP contribution in [0.2, 0.25) is 0 Å². The summed E-state index contributed by atoms with van der Waals surface area (Å²) >= 11 is 0. The summed E-state index contributed by atoms with van der Waals surface area (Å²) in [7, 11) is 1.56. The van der Waals surface area contributed by atoms with Gasteiger partial charge < -0.3 is 19.5 Å². The van der Waals surface area contributed by atoms with Gasteiger partial charge in [-0.3, -0.25) is 9.59 Å². The molecule has 8 nitrogen and oxygen atoms in total. The molecule has 0 radical (unpaired) electrons. The highest BCUT2D eigenvalue weighted by atomic mass is 16.5. The molecule has 3 aromatic rings. The van der Waals surface area contributed by atoms with Crippen LogP contribution < -0.4 is 25.0 Å². The zero-order chi connectivity index (χ0) is 25.6. The molecule has 3 aromatic carbocycles. The fraction of sp³-hybridized carbons (Fsp3) is 0.250. The first-order valence-electron chi connectivity index (χ1n) is 11.8. The zero-order valence-electron chi connectivity index (χ0n) is 20.5. The minimum atomic E-state index is -0.450. The lowest BCUT2D eigenvalue weighted by atomic mass is 10.2. The third-order valence-corrected chi connectivity index (χ3v) is 5.12. The number of nitrogens with one attached hydrogen (secondary N) is 2. The molecule has 0 saturated carbocycles. The molecule has 188 valence electrons. The van der Waals surface area contributed by atoms with Gasteiger partial charge in [-0.25, -0.2) is 5.43 Å². The van der Waals surface area contributed by atoms with Crippen molar-refractivity contribution in [2.45, 2.75) is 26.4 Å². The van der Waals surface area contributed by atoms with E-state index in [1.807, 2.05) is 30.3 Å². The van der Waals surface area contributed by atoms with Crippen molar-refractivity contribution in [3.63, 3.8) is 0 Å². The number of carbonyl (C=O) groups excluding carboxylic acids is 2. The Hall–Kier alpha value is -4.33. The quantitative estimate of drug-likeness (QED) is 0.212. The fourth-order valence-corrected chi connectivity index (χ4v) is 3.14. The smallest absolute Gasteiger partial charge is 0.259 e. The number of amides is 2. The van der Waals surface area contributed by atoms with E-state index in [2.05, 4.69) is 22.8 Å². The van der Waals surface area contributed by atoms with Crippen molar-refractivity contribution in [3.05, 3.63) is 89.5 Å². The first-order valence-corrected chi connectivity index (χ1v) is 11.8. The molecule has 0 spiro atoms. The highest BCUT2D eigenvalue weighted by Gasteiger charge is 2.09. The highest BCUT2D eigenvalue weighted by molar-refractivity contribution is 5.96. The maximum atomic E-state index is 12.3. The molecule has 8 heteroatoms. The number of hydrazone groups is 1. The summed E-state index contributed by atoms with van der Waals surface area (Å²) in [6.45, 7) is 2.95. The van der Waals surface area contributed by atoms with E-state index >= 15 is 0 Å². The lowest BCUT2D eigenvalue weighted by Gasteiger charge is -2.11. The van der Waals surface area contributed by atoms with E-state index in [-0.39, 0.29) is 12.5 Å². The van der Waals surface area contributed by atoms with Gasteiger partial charge in [0.05, 0.1) is 26.5 Å². The third-order valence-electron chi connectivity index (χ3n) is 5.12. The average Bonchev–Trinajstić information content (AvgIpc) is 2.92. The van der Waals surface area contributed by atoms with Crippen molar-refractivity contribution in [2.75, 3.05) is 20.3 Å². The lowest BCUT2D eigenvalue weighted by Crippen LogP contribution is -2.34. The van der Waals surface area contributed by atoms with E-state index in [4.69, 9.17) is 14.2 Å². The molecule has 36 heavy (non-hydrogen) atoms. The van der Waals surface area contributed by atoms with Gasteiger partial charge in [0.1, 0.15) is 12.4 Å². The van der Waals surface area contributed by atoms with Gasteiger partial charge in [0.25, 0.3) is 11.8 Å². The Morgan fingerprint density at radius 3 is 2.44 bits per heavy atom. The fourth-order valence-electron chi connectivity index (χ4n) is 3.14. The summed E-state index contributed by atoms with van der Waals surface area (Å²) in [6.07, 6.45) is 3.51. The molecule has 3 rings (SSSR count). The largest absolute Gasteiger partial charge is 0.494 e. The van der Waals surface area contributed by atoms with Crippen molar-refractivity contribution in [1.29, 1.82) is 0 Å². The van der Waals surface area contributed by atoms with E-state index in [0.29, 0.717) is 41.6 Å². The molecule has 0 heterocycles. The van der Waals surface area contributed by atoms with Crippen LogP contribution in [0.4, 0.5) is 0 Å². The highest BCUT2D eigenvalue weighted by Crippen LogP contribution is 2.28. The molecular weight excluding hydrogens is 458 g/mol. The summed E-state index contributed by atoms with van der Waals surface area (Å²) < 4.78 is 16.8. The first-order chi connectivity index (χ1) is 17.6. The summed E-state index contributed by atoms with van der Waals surface area (Å²) in [6, 6.07) is 22.0. The third kappa shape index (κ3) is 8.47. The van der Waals surface area contributed by atoms with Crippen molar-refractivity contribution >= 4 is 18.0 Å². The Kier molecular flexibility index (Phi) is 10.3. The van der Waals surface area contributed by atoms with Crippen molar-refractivity contribution in [2.24, 2.45) is 5.10 Å². The molecule has 0 bridgehead atoms. The number of hydrogen-bond donors (Lipinski definition) is 2. The second-order valence-corrected chi connectivity index (χ2v) is 7.89. The van der Waals surface area contributed by atoms with Gasteiger partial charge >= 0.3 is 0 Å². The van der Waals surface area contributed by atoms with Gasteiger partial charge in [0.15, 0.2) is 11.5 Å². The molecular formula is C28H31N3O5. The lowest BCUT2D eigenvalue weighted by molar-refractivity contribution is -0.120. The van der Waals surface area contributed by atoms with E-state index in [9.17, 15) is 9.59 Å². The minimum Gasteiger partial charge on any atom is -0.494 e. The number of hydrogen-bond acceptors (Lipinski definition) is 6. The molecule has 0 atom stereocenters. The van der Waals surface area contributed by atoms with E-state index in [1.54, 1.807) is 49.6 Å². The van der Waals surface area contributed by atoms with Crippen molar-refractivity contribution in [3.8, 4) is 17.2 Å². The summed E-state index contributed by atoms with van der Waals surface area (Å²) in [5.41, 5.74) is 4.60. The van der Waals surface area contributed by atoms with Crippen LogP contribution in [0.25, 0.3) is 0 Å². The average molecular weight is 490 g/mol. The standard InChI is InChI=1S/C28H31N3O5/c1-3-4-16-35-24-13-11-23(12-14-24)28(33)29-19-27(32)31-30-18-22-10-15-25(26(17-22)34-2)36-20-21-8-6-5-7-9-21/h5-15,17-18H,3-4,16,19-20H2,1-2H3,(H,29,33)(H,31,32). The van der Waals surface area contributed by atoms with Crippen LogP contribution in [0.1, 0.15) is 41.3 Å². The predicted molar refractivity (Wildman–Crippen MR) is 139 cm³/mol. The van der Waals surface area contributed by atoms with Gasteiger partial charge in [-0.05, 0) is 60.0 Å². The maximum Gasteiger partial charge on any atom is 0.259 e. The van der Waals surface area contributed by atoms with E-state index < -0.39 is 5.91 Å². The van der Waals surface area contributed by atoms with Crippen LogP contribution in [0, 0.1) is 0 Å². The van der Waals surface area contributed by atoms with Gasteiger partial charge in [-0.15, -0.1) is 0 Å². The van der Waals surface area contributed by atoms with Crippen LogP contribution in [0.15, 0.2) is 77.9 Å². The van der Waals surface area contributed by atoms with Crippen LogP contribution in [-0.4, -0.2) is 38.3 Å². The number of unbranched alkanes of at least 4 members (excludes halogenated alkanes) is 1. The van der Waals surface area contributed by atoms with Crippen LogP contribution >= 0.6 is 0 Å². The predicted octanol–water partition coefficient (Wildman–Crippen LogP) is 4.33. The number of ether oxygens (including phenoxy) is 3. The zero-order valence-corrected chi connectivity index (χ0v) is 20.5. The molecule has 0 saturated heterocycles. The van der Waals surface area contributed by atoms with Gasteiger partial charge in [0.2, 0.25) is 0 Å². The maximum absolute atomic E-state index is 12.3. The van der Waals surface area contributed by atoms with E-state index in [0.717, 1.165) is 18.4 Å². The van der Waals surface area contributed by atoms with Crippen molar-refractivity contribution in [1.82, 2.24) is 10.7 Å². The first kappa shape index (κ1) is 26.3. The van der Waals surface area contributed by atoms with Gasteiger partial charge in [-0.2, -0.15) is 5.10 Å². The molecule has 0 aromatic heterocycles. The molecule has 0 unspecified atom stereocenters. The Bertz CT molecular complexity index is 1150. The molecule has 0 aliphatic carbocycles. The number of methoxy groups -OCH3 is 1. The Morgan fingerprint density at radius 2 is 1.72 bits per heavy atom. The number of benzene rings is 3. The SMILES string of the molecule is CCCCOc1ccc(C(=O)NCC(=O)NN=Cc2ccc(OCc3ccccc3)c(OC)c2)cc1. The molecule has 2 amide bonds. The number of rotatable bonds is 13. The molecule has 2 N–H and O–H groups in total. The van der Waals surface area contributed by atoms with E-state index in [1.165, 1.54) is 6.21 Å². The Morgan fingerprint density at radius 1 is 0.944 bits per heavy atom. The van der Waals surface area contributed by atoms with Gasteiger partial charge in [-0.1, -0.05) is 43.7 Å².